The zero-order valence-electron chi connectivity index (χ0n) is 10.0. The zero-order chi connectivity index (χ0) is 12.7. The molecule has 0 aromatic rings. The van der Waals surface area contributed by atoms with Crippen LogP contribution in [0.25, 0.3) is 0 Å². The molecule has 6 nitrogen and oxygen atoms in total. The van der Waals surface area contributed by atoms with Crippen LogP contribution in [0.2, 0.25) is 0 Å². The molecule has 1 amide bonds. The number of likely N-dealkylation sites (tertiary alicyclic amines) is 1. The predicted octanol–water partition coefficient (Wildman–Crippen LogP) is -0.609. The van der Waals surface area contributed by atoms with E-state index in [1.807, 2.05) is 0 Å². The molecule has 98 valence electrons. The largest absolute Gasteiger partial charge is 0.480 e. The van der Waals surface area contributed by atoms with Crippen molar-refractivity contribution in [3.8, 4) is 0 Å². The summed E-state index contributed by atoms with van der Waals surface area (Å²) in [6, 6.07) is -0.945. The molecule has 0 radical (unpaired) electrons. The van der Waals surface area contributed by atoms with Gasteiger partial charge in [0.05, 0.1) is 0 Å². The first-order chi connectivity index (χ1) is 8.09. The van der Waals surface area contributed by atoms with Crippen molar-refractivity contribution < 1.29 is 14.7 Å². The molecule has 0 unspecified atom stereocenters. The van der Waals surface area contributed by atoms with E-state index in [0.29, 0.717) is 6.54 Å². The third-order valence-corrected chi connectivity index (χ3v) is 2.95. The molecule has 0 aromatic heterocycles. The fraction of sp³-hybridized carbons (Fsp3) is 0.818. The first kappa shape index (κ1) is 13.9. The number of rotatable bonds is 7. The van der Waals surface area contributed by atoms with E-state index < -0.39 is 12.0 Å². The van der Waals surface area contributed by atoms with E-state index in [1.54, 1.807) is 0 Å². The molecular weight excluding hydrogens is 222 g/mol. The Kier molecular flexibility index (Phi) is 5.93. The summed E-state index contributed by atoms with van der Waals surface area (Å²) in [6.07, 6.45) is 2.83. The van der Waals surface area contributed by atoms with Gasteiger partial charge < -0.3 is 21.1 Å². The first-order valence-corrected chi connectivity index (χ1v) is 6.07. The lowest BCUT2D eigenvalue weighted by Gasteiger charge is -2.14. The fourth-order valence-electron chi connectivity index (χ4n) is 1.86. The van der Waals surface area contributed by atoms with Gasteiger partial charge in [0.25, 0.3) is 0 Å². The third-order valence-electron chi connectivity index (χ3n) is 2.95. The van der Waals surface area contributed by atoms with Gasteiger partial charge in [0.2, 0.25) is 5.91 Å². The SMILES string of the molecule is N[C@@H](CCC(=O)NCCN1CCCC1)C(=O)O. The van der Waals surface area contributed by atoms with Crippen molar-refractivity contribution in [2.75, 3.05) is 26.2 Å². The van der Waals surface area contributed by atoms with E-state index in [2.05, 4.69) is 10.2 Å². The van der Waals surface area contributed by atoms with E-state index in [-0.39, 0.29) is 18.7 Å². The molecule has 17 heavy (non-hydrogen) atoms. The van der Waals surface area contributed by atoms with Crippen LogP contribution in [0.4, 0.5) is 0 Å². The van der Waals surface area contributed by atoms with Crippen LogP contribution < -0.4 is 11.1 Å². The van der Waals surface area contributed by atoms with Crippen LogP contribution in [-0.4, -0.2) is 54.1 Å². The number of nitrogens with two attached hydrogens (primary N) is 1. The van der Waals surface area contributed by atoms with Crippen LogP contribution in [0.15, 0.2) is 0 Å². The van der Waals surface area contributed by atoms with E-state index in [0.717, 1.165) is 19.6 Å². The van der Waals surface area contributed by atoms with Crippen molar-refractivity contribution in [2.45, 2.75) is 31.7 Å². The number of nitrogens with zero attached hydrogens (tertiary/aromatic N) is 1. The van der Waals surface area contributed by atoms with Crippen molar-refractivity contribution in [1.29, 1.82) is 0 Å². The summed E-state index contributed by atoms with van der Waals surface area (Å²) in [5.74, 6) is -1.18. The van der Waals surface area contributed by atoms with Gasteiger partial charge in [-0.15, -0.1) is 0 Å². The number of carbonyl (C=O) groups excluding carboxylic acids is 1. The first-order valence-electron chi connectivity index (χ1n) is 6.07. The minimum absolute atomic E-state index is 0.124. The van der Waals surface area contributed by atoms with Crippen LogP contribution in [0.3, 0.4) is 0 Å². The summed E-state index contributed by atoms with van der Waals surface area (Å²) in [5, 5.41) is 11.3. The van der Waals surface area contributed by atoms with Crippen LogP contribution in [-0.2, 0) is 9.59 Å². The Labute approximate surface area is 101 Å². The van der Waals surface area contributed by atoms with E-state index in [1.165, 1.54) is 12.8 Å². The Morgan fingerprint density at radius 3 is 2.59 bits per heavy atom. The average molecular weight is 243 g/mol. The smallest absolute Gasteiger partial charge is 0.320 e. The van der Waals surface area contributed by atoms with Gasteiger partial charge in [-0.2, -0.15) is 0 Å². The lowest BCUT2D eigenvalue weighted by Crippen LogP contribution is -2.35. The molecule has 1 atom stereocenters. The molecule has 0 aliphatic carbocycles. The molecule has 0 aromatic carbocycles. The quantitative estimate of drug-likeness (QED) is 0.554. The minimum atomic E-state index is -1.06. The number of aliphatic carboxylic acids is 1. The highest BCUT2D eigenvalue weighted by molar-refractivity contribution is 5.78. The molecular formula is C11H21N3O3. The van der Waals surface area contributed by atoms with Crippen LogP contribution in [0.5, 0.6) is 0 Å². The number of hydrogen-bond donors (Lipinski definition) is 3. The van der Waals surface area contributed by atoms with Gasteiger partial charge in [-0.25, -0.2) is 0 Å². The van der Waals surface area contributed by atoms with Crippen molar-refractivity contribution in [3.05, 3.63) is 0 Å². The van der Waals surface area contributed by atoms with Gasteiger partial charge in [0.1, 0.15) is 6.04 Å². The van der Waals surface area contributed by atoms with Crippen molar-refractivity contribution in [2.24, 2.45) is 5.73 Å². The number of nitrogens with one attached hydrogen (secondary N) is 1. The normalized spacial score (nSPS) is 17.9. The second-order valence-corrected chi connectivity index (χ2v) is 4.38. The van der Waals surface area contributed by atoms with Gasteiger partial charge in [-0.3, -0.25) is 9.59 Å². The van der Waals surface area contributed by atoms with E-state index in [9.17, 15) is 9.59 Å². The lowest BCUT2D eigenvalue weighted by atomic mass is 10.1. The summed E-state index contributed by atoms with van der Waals surface area (Å²) in [5.41, 5.74) is 5.31. The minimum Gasteiger partial charge on any atom is -0.480 e. The predicted molar refractivity (Wildman–Crippen MR) is 63.5 cm³/mol. The second kappa shape index (κ2) is 7.24. The maximum Gasteiger partial charge on any atom is 0.320 e. The Morgan fingerprint density at radius 2 is 2.00 bits per heavy atom. The number of carboxylic acid groups (broad SMARTS) is 1. The molecule has 1 rings (SSSR count). The maximum absolute atomic E-state index is 11.4. The molecule has 1 aliphatic heterocycles. The van der Waals surface area contributed by atoms with Crippen molar-refractivity contribution in [1.82, 2.24) is 10.2 Å². The number of hydrogen-bond acceptors (Lipinski definition) is 4. The van der Waals surface area contributed by atoms with Gasteiger partial charge in [-0.05, 0) is 32.4 Å². The molecule has 0 saturated carbocycles. The highest BCUT2D eigenvalue weighted by Crippen LogP contribution is 2.05. The number of amides is 1. The summed E-state index contributed by atoms with van der Waals surface area (Å²) in [4.78, 5) is 24.1. The second-order valence-electron chi connectivity index (χ2n) is 4.38. The molecule has 1 fully saturated rings. The molecule has 4 N–H and O–H groups in total. The summed E-state index contributed by atoms with van der Waals surface area (Å²) < 4.78 is 0. The number of carboxylic acids is 1. The Balaban J connectivity index is 2.02. The average Bonchev–Trinajstić information content (AvgIpc) is 2.78. The zero-order valence-corrected chi connectivity index (χ0v) is 10.0. The standard InChI is InChI=1S/C11H21N3O3/c12-9(11(16)17)3-4-10(15)13-5-8-14-6-1-2-7-14/h9H,1-8,12H2,(H,13,15)(H,16,17)/t9-/m0/s1. The molecule has 1 aliphatic rings. The fourth-order valence-corrected chi connectivity index (χ4v) is 1.86. The maximum atomic E-state index is 11.4. The van der Waals surface area contributed by atoms with E-state index >= 15 is 0 Å². The molecule has 1 saturated heterocycles. The van der Waals surface area contributed by atoms with Crippen LogP contribution >= 0.6 is 0 Å². The summed E-state index contributed by atoms with van der Waals surface area (Å²) >= 11 is 0. The van der Waals surface area contributed by atoms with Gasteiger partial charge in [0, 0.05) is 19.5 Å². The van der Waals surface area contributed by atoms with Gasteiger partial charge >= 0.3 is 5.97 Å². The third kappa shape index (κ3) is 5.65. The monoisotopic (exact) mass is 243 g/mol. The van der Waals surface area contributed by atoms with E-state index in [4.69, 9.17) is 10.8 Å². The topological polar surface area (TPSA) is 95.7 Å². The molecule has 0 bridgehead atoms. The van der Waals surface area contributed by atoms with Gasteiger partial charge in [0.15, 0.2) is 0 Å². The Morgan fingerprint density at radius 1 is 1.35 bits per heavy atom. The molecule has 0 spiro atoms. The van der Waals surface area contributed by atoms with Crippen molar-refractivity contribution in [3.63, 3.8) is 0 Å². The van der Waals surface area contributed by atoms with Crippen molar-refractivity contribution >= 4 is 11.9 Å². The Bertz CT molecular complexity index is 265. The highest BCUT2D eigenvalue weighted by Gasteiger charge is 2.14. The van der Waals surface area contributed by atoms with Crippen LogP contribution in [0.1, 0.15) is 25.7 Å². The van der Waals surface area contributed by atoms with Crippen LogP contribution in [0, 0.1) is 0 Å². The summed E-state index contributed by atoms with van der Waals surface area (Å²) in [7, 11) is 0. The highest BCUT2D eigenvalue weighted by atomic mass is 16.4. The lowest BCUT2D eigenvalue weighted by molar-refractivity contribution is -0.138. The molecule has 1 heterocycles. The number of carbonyl (C=O) groups is 2. The Hall–Kier alpha value is -1.14. The molecule has 6 heteroatoms. The van der Waals surface area contributed by atoms with Gasteiger partial charge in [-0.1, -0.05) is 0 Å². The summed E-state index contributed by atoms with van der Waals surface area (Å²) in [6.45, 7) is 3.72.